The summed E-state index contributed by atoms with van der Waals surface area (Å²) in [6.45, 7) is 0. The van der Waals surface area contributed by atoms with E-state index in [4.69, 9.17) is 0 Å². The Balaban J connectivity index is 1.79. The molecule has 0 amide bonds. The lowest BCUT2D eigenvalue weighted by molar-refractivity contribution is 0.362. The molecule has 1 aliphatic rings. The molecule has 1 saturated carbocycles. The number of hydrogen-bond acceptors (Lipinski definition) is 0. The van der Waals surface area contributed by atoms with Gasteiger partial charge in [-0.15, -0.1) is 0 Å². The van der Waals surface area contributed by atoms with Crippen LogP contribution in [0.15, 0.2) is 36.4 Å². The second-order valence-corrected chi connectivity index (χ2v) is 4.55. The van der Waals surface area contributed by atoms with Gasteiger partial charge in [-0.3, -0.25) is 0 Å². The molecule has 0 spiro atoms. The minimum atomic E-state index is 0.957. The van der Waals surface area contributed by atoms with Gasteiger partial charge in [-0.25, -0.2) is 0 Å². The summed E-state index contributed by atoms with van der Waals surface area (Å²) in [5, 5.41) is 0. The van der Waals surface area contributed by atoms with Crippen molar-refractivity contribution in [2.45, 2.75) is 38.5 Å². The van der Waals surface area contributed by atoms with Crippen LogP contribution < -0.4 is 0 Å². The summed E-state index contributed by atoms with van der Waals surface area (Å²) < 4.78 is 0. The molecule has 0 radical (unpaired) electrons. The standard InChI is InChI=1S/C15H20/c1-3-8-14(9-4-1)12-7-13-15-10-5-2-6-11-15/h1,3-4,7-9,12,15H,2,5-6,10-11,13H2/b12-7+. The van der Waals surface area contributed by atoms with Crippen LogP contribution in [-0.2, 0) is 0 Å². The average molecular weight is 200 g/mol. The van der Waals surface area contributed by atoms with Gasteiger partial charge in [0.1, 0.15) is 0 Å². The predicted octanol–water partition coefficient (Wildman–Crippen LogP) is 4.67. The summed E-state index contributed by atoms with van der Waals surface area (Å²) >= 11 is 0. The number of hydrogen-bond donors (Lipinski definition) is 0. The van der Waals surface area contributed by atoms with Crippen LogP contribution in [0, 0.1) is 5.92 Å². The fourth-order valence-electron chi connectivity index (χ4n) is 2.38. The third-order valence-corrected chi connectivity index (χ3v) is 3.30. The molecule has 1 aromatic rings. The lowest BCUT2D eigenvalue weighted by Crippen LogP contribution is -2.04. The SMILES string of the molecule is C(=C\c1ccccc1)/CC1CCCCC1. The van der Waals surface area contributed by atoms with E-state index in [2.05, 4.69) is 42.5 Å². The molecule has 0 heterocycles. The Kier molecular flexibility index (Phi) is 4.01. The maximum absolute atomic E-state index is 2.35. The third-order valence-electron chi connectivity index (χ3n) is 3.30. The quantitative estimate of drug-likeness (QED) is 0.665. The second-order valence-electron chi connectivity index (χ2n) is 4.55. The van der Waals surface area contributed by atoms with Crippen molar-refractivity contribution in [3.8, 4) is 0 Å². The minimum Gasteiger partial charge on any atom is -0.0837 e. The lowest BCUT2D eigenvalue weighted by atomic mass is 9.87. The first-order valence-corrected chi connectivity index (χ1v) is 6.17. The molecule has 0 heteroatoms. The van der Waals surface area contributed by atoms with Crippen molar-refractivity contribution in [2.24, 2.45) is 5.92 Å². The Morgan fingerprint density at radius 3 is 2.47 bits per heavy atom. The highest BCUT2D eigenvalue weighted by Crippen LogP contribution is 2.26. The largest absolute Gasteiger partial charge is 0.0837 e. The van der Waals surface area contributed by atoms with Crippen LogP contribution >= 0.6 is 0 Å². The van der Waals surface area contributed by atoms with Gasteiger partial charge in [0.2, 0.25) is 0 Å². The van der Waals surface area contributed by atoms with E-state index in [-0.39, 0.29) is 0 Å². The molecular weight excluding hydrogens is 180 g/mol. The molecule has 0 aliphatic heterocycles. The normalized spacial score (nSPS) is 18.4. The molecule has 2 rings (SSSR count). The first-order valence-electron chi connectivity index (χ1n) is 6.17. The summed E-state index contributed by atoms with van der Waals surface area (Å²) in [6.07, 6.45) is 13.1. The summed E-state index contributed by atoms with van der Waals surface area (Å²) in [5.74, 6) is 0.957. The first-order chi connectivity index (χ1) is 7.45. The van der Waals surface area contributed by atoms with Crippen molar-refractivity contribution >= 4 is 6.08 Å². The maximum atomic E-state index is 2.35. The van der Waals surface area contributed by atoms with Crippen molar-refractivity contribution in [2.75, 3.05) is 0 Å². The molecule has 1 aliphatic carbocycles. The highest BCUT2D eigenvalue weighted by Gasteiger charge is 2.10. The molecule has 0 unspecified atom stereocenters. The Morgan fingerprint density at radius 1 is 1.00 bits per heavy atom. The lowest BCUT2D eigenvalue weighted by Gasteiger charge is -2.19. The van der Waals surface area contributed by atoms with Crippen LogP contribution in [0.5, 0.6) is 0 Å². The highest BCUT2D eigenvalue weighted by atomic mass is 14.2. The van der Waals surface area contributed by atoms with E-state index in [1.54, 1.807) is 0 Å². The topological polar surface area (TPSA) is 0 Å². The summed E-state index contributed by atoms with van der Waals surface area (Å²) in [6, 6.07) is 10.6. The predicted molar refractivity (Wildman–Crippen MR) is 66.7 cm³/mol. The van der Waals surface area contributed by atoms with Crippen molar-refractivity contribution in [3.63, 3.8) is 0 Å². The zero-order chi connectivity index (χ0) is 10.3. The fourth-order valence-corrected chi connectivity index (χ4v) is 2.38. The smallest absolute Gasteiger partial charge is 0.0260 e. The van der Waals surface area contributed by atoms with Gasteiger partial charge in [0.15, 0.2) is 0 Å². The molecule has 0 aromatic heterocycles. The van der Waals surface area contributed by atoms with E-state index >= 15 is 0 Å². The Labute approximate surface area is 93.0 Å². The van der Waals surface area contributed by atoms with Crippen LogP contribution in [-0.4, -0.2) is 0 Å². The summed E-state index contributed by atoms with van der Waals surface area (Å²) in [4.78, 5) is 0. The van der Waals surface area contributed by atoms with E-state index < -0.39 is 0 Å². The van der Waals surface area contributed by atoms with Crippen LogP contribution in [0.2, 0.25) is 0 Å². The van der Waals surface area contributed by atoms with Crippen LogP contribution in [0.25, 0.3) is 6.08 Å². The monoisotopic (exact) mass is 200 g/mol. The van der Waals surface area contributed by atoms with Gasteiger partial charge in [-0.2, -0.15) is 0 Å². The average Bonchev–Trinajstić information content (AvgIpc) is 2.32. The van der Waals surface area contributed by atoms with Crippen molar-refractivity contribution < 1.29 is 0 Å². The maximum Gasteiger partial charge on any atom is -0.0260 e. The first kappa shape index (κ1) is 10.5. The van der Waals surface area contributed by atoms with Gasteiger partial charge in [0, 0.05) is 0 Å². The van der Waals surface area contributed by atoms with Crippen LogP contribution in [0.1, 0.15) is 44.1 Å². The van der Waals surface area contributed by atoms with Gasteiger partial charge in [0.25, 0.3) is 0 Å². The molecule has 1 aromatic carbocycles. The molecule has 1 fully saturated rings. The summed E-state index contributed by atoms with van der Waals surface area (Å²) in [7, 11) is 0. The van der Waals surface area contributed by atoms with Crippen LogP contribution in [0.4, 0.5) is 0 Å². The Bertz CT molecular complexity index is 291. The molecule has 0 nitrogen and oxygen atoms in total. The third kappa shape index (κ3) is 3.54. The van der Waals surface area contributed by atoms with Gasteiger partial charge in [-0.05, 0) is 17.9 Å². The van der Waals surface area contributed by atoms with Gasteiger partial charge in [-0.1, -0.05) is 74.6 Å². The summed E-state index contributed by atoms with van der Waals surface area (Å²) in [5.41, 5.74) is 1.33. The van der Waals surface area contributed by atoms with Gasteiger partial charge >= 0.3 is 0 Å². The Morgan fingerprint density at radius 2 is 1.73 bits per heavy atom. The van der Waals surface area contributed by atoms with E-state index in [1.807, 2.05) is 0 Å². The number of rotatable bonds is 3. The van der Waals surface area contributed by atoms with Crippen LogP contribution in [0.3, 0.4) is 0 Å². The van der Waals surface area contributed by atoms with Gasteiger partial charge < -0.3 is 0 Å². The number of allylic oxidation sites excluding steroid dienone is 1. The Hall–Kier alpha value is -1.04. The molecule has 0 atom stereocenters. The molecular formula is C15H20. The molecule has 0 N–H and O–H groups in total. The molecule has 15 heavy (non-hydrogen) atoms. The molecule has 0 saturated heterocycles. The second kappa shape index (κ2) is 5.75. The molecule has 80 valence electrons. The van der Waals surface area contributed by atoms with E-state index in [0.717, 1.165) is 5.92 Å². The highest BCUT2D eigenvalue weighted by molar-refractivity contribution is 5.48. The zero-order valence-corrected chi connectivity index (χ0v) is 9.36. The van der Waals surface area contributed by atoms with E-state index in [9.17, 15) is 0 Å². The fraction of sp³-hybridized carbons (Fsp3) is 0.467. The van der Waals surface area contributed by atoms with Gasteiger partial charge in [0.05, 0.1) is 0 Å². The zero-order valence-electron chi connectivity index (χ0n) is 9.36. The van der Waals surface area contributed by atoms with E-state index in [1.165, 1.54) is 44.1 Å². The van der Waals surface area contributed by atoms with E-state index in [0.29, 0.717) is 0 Å². The van der Waals surface area contributed by atoms with Crippen molar-refractivity contribution in [1.82, 2.24) is 0 Å². The van der Waals surface area contributed by atoms with Crippen molar-refractivity contribution in [3.05, 3.63) is 42.0 Å². The minimum absolute atomic E-state index is 0.957. The van der Waals surface area contributed by atoms with Crippen molar-refractivity contribution in [1.29, 1.82) is 0 Å². The molecule has 0 bridgehead atoms. The number of benzene rings is 1.